The second kappa shape index (κ2) is 10.9. The smallest absolute Gasteiger partial charge is 0.337 e. The van der Waals surface area contributed by atoms with Crippen molar-refractivity contribution in [1.29, 1.82) is 0 Å². The third kappa shape index (κ3) is 5.99. The standard InChI is InChI=1S/C26H32F3N5O2/c1-19-10-8-12-21-24(19)34(25(30-21)33-17-7-5-14-23(33)36-26(27,28)29)20-11-4-6-16-32(18-20)22(35)13-9-15-31(2)3/h5,7-10,12-14,17,20,23H,4,6,11,15-16,18H2,1-3H3/b13-9+/t20-,23?/m1/s1. The van der Waals surface area contributed by atoms with Crippen molar-refractivity contribution < 1.29 is 22.7 Å². The van der Waals surface area contributed by atoms with Crippen LogP contribution < -0.4 is 4.90 Å². The van der Waals surface area contributed by atoms with Gasteiger partial charge in [-0.2, -0.15) is 0 Å². The Balaban J connectivity index is 1.74. The molecule has 0 spiro atoms. The molecule has 0 N–H and O–H groups in total. The first-order valence-electron chi connectivity index (χ1n) is 12.1. The highest BCUT2D eigenvalue weighted by Gasteiger charge is 2.37. The molecule has 2 atom stereocenters. The molecule has 7 nitrogen and oxygen atoms in total. The van der Waals surface area contributed by atoms with E-state index in [9.17, 15) is 18.0 Å². The fraction of sp³-hybridized carbons (Fsp3) is 0.462. The Morgan fingerprint density at radius 3 is 2.81 bits per heavy atom. The van der Waals surface area contributed by atoms with Crippen LogP contribution >= 0.6 is 0 Å². The maximum absolute atomic E-state index is 13.2. The normalized spacial score (nSPS) is 21.2. The lowest BCUT2D eigenvalue weighted by molar-refractivity contribution is -0.335. The van der Waals surface area contributed by atoms with Gasteiger partial charge in [0.1, 0.15) is 0 Å². The van der Waals surface area contributed by atoms with Crippen molar-refractivity contribution in [2.75, 3.05) is 38.6 Å². The molecule has 2 aliphatic rings. The third-order valence-electron chi connectivity index (χ3n) is 6.34. The summed E-state index contributed by atoms with van der Waals surface area (Å²) in [5.41, 5.74) is 2.50. The molecular formula is C26H32F3N5O2. The summed E-state index contributed by atoms with van der Waals surface area (Å²) in [6.07, 6.45) is 5.85. The van der Waals surface area contributed by atoms with Crippen molar-refractivity contribution in [2.24, 2.45) is 0 Å². The zero-order chi connectivity index (χ0) is 25.9. The van der Waals surface area contributed by atoms with E-state index >= 15 is 0 Å². The summed E-state index contributed by atoms with van der Waals surface area (Å²) in [6.45, 7) is 3.70. The number of alkyl halides is 3. The number of imidazole rings is 1. The highest BCUT2D eigenvalue weighted by Crippen LogP contribution is 2.36. The molecule has 1 aromatic carbocycles. The average molecular weight is 504 g/mol. The maximum atomic E-state index is 13.2. The molecule has 2 aliphatic heterocycles. The SMILES string of the molecule is Cc1cccc2nc(N3C=CC=CC3OC(F)(F)F)n([C@@H]3CCCCN(C(=O)/C=C/CN(C)C)C3)c12. The highest BCUT2D eigenvalue weighted by atomic mass is 19.4. The minimum atomic E-state index is -4.81. The number of para-hydroxylation sites is 1. The number of benzene rings is 1. The second-order valence-electron chi connectivity index (χ2n) is 9.41. The summed E-state index contributed by atoms with van der Waals surface area (Å²) in [5.74, 6) is 0.294. The van der Waals surface area contributed by atoms with Gasteiger partial charge in [-0.3, -0.25) is 14.4 Å². The minimum Gasteiger partial charge on any atom is -0.337 e. The molecule has 0 radical (unpaired) electrons. The Bertz CT molecular complexity index is 1170. The number of anilines is 1. The molecule has 2 aromatic rings. The van der Waals surface area contributed by atoms with Crippen LogP contribution in [0.3, 0.4) is 0 Å². The summed E-state index contributed by atoms with van der Waals surface area (Å²) < 4.78 is 46.0. The van der Waals surface area contributed by atoms with Crippen LogP contribution in [-0.2, 0) is 9.53 Å². The number of fused-ring (bicyclic) bond motifs is 1. The van der Waals surface area contributed by atoms with Crippen molar-refractivity contribution in [2.45, 2.75) is 44.8 Å². The van der Waals surface area contributed by atoms with Gasteiger partial charge in [0.25, 0.3) is 0 Å². The van der Waals surface area contributed by atoms with Crippen LogP contribution in [0.25, 0.3) is 11.0 Å². The van der Waals surface area contributed by atoms with E-state index < -0.39 is 12.6 Å². The average Bonchev–Trinajstić information content (AvgIpc) is 3.02. The minimum absolute atomic E-state index is 0.0643. The molecule has 1 saturated heterocycles. The molecular weight excluding hydrogens is 471 g/mol. The molecule has 36 heavy (non-hydrogen) atoms. The van der Waals surface area contributed by atoms with E-state index in [1.807, 2.05) is 59.7 Å². The van der Waals surface area contributed by atoms with Gasteiger partial charge in [0.05, 0.1) is 17.1 Å². The monoisotopic (exact) mass is 503 g/mol. The van der Waals surface area contributed by atoms with Crippen molar-refractivity contribution >= 4 is 22.9 Å². The zero-order valence-corrected chi connectivity index (χ0v) is 20.8. The Morgan fingerprint density at radius 1 is 1.25 bits per heavy atom. The van der Waals surface area contributed by atoms with Crippen molar-refractivity contribution in [3.63, 3.8) is 0 Å². The largest absolute Gasteiger partial charge is 0.524 e. The Morgan fingerprint density at radius 2 is 2.06 bits per heavy atom. The molecule has 0 aliphatic carbocycles. The van der Waals surface area contributed by atoms with Gasteiger partial charge >= 0.3 is 6.36 Å². The van der Waals surface area contributed by atoms with E-state index in [0.717, 1.165) is 30.3 Å². The van der Waals surface area contributed by atoms with Crippen molar-refractivity contribution in [3.05, 3.63) is 60.3 Å². The molecule has 0 saturated carbocycles. The fourth-order valence-electron chi connectivity index (χ4n) is 4.73. The number of carbonyl (C=O) groups excluding carboxylic acids is 1. The molecule has 1 unspecified atom stereocenters. The quantitative estimate of drug-likeness (QED) is 0.532. The number of likely N-dealkylation sites (N-methyl/N-ethyl adjacent to an activating group) is 1. The van der Waals surface area contributed by atoms with Gasteiger partial charge in [0, 0.05) is 31.9 Å². The van der Waals surface area contributed by atoms with E-state index in [1.165, 1.54) is 17.1 Å². The van der Waals surface area contributed by atoms with Crippen LogP contribution in [-0.4, -0.2) is 71.6 Å². The number of likely N-dealkylation sites (tertiary alicyclic amines) is 1. The lowest BCUT2D eigenvalue weighted by Gasteiger charge is -2.33. The predicted octanol–water partition coefficient (Wildman–Crippen LogP) is 4.77. The molecule has 1 fully saturated rings. The predicted molar refractivity (Wildman–Crippen MR) is 133 cm³/mol. The van der Waals surface area contributed by atoms with E-state index in [1.54, 1.807) is 18.4 Å². The summed E-state index contributed by atoms with van der Waals surface area (Å²) in [4.78, 5) is 23.0. The Labute approximate surface area is 209 Å². The Hall–Kier alpha value is -3.11. The third-order valence-corrected chi connectivity index (χ3v) is 6.34. The van der Waals surface area contributed by atoms with Crippen molar-refractivity contribution in [3.8, 4) is 0 Å². The maximum Gasteiger partial charge on any atom is 0.524 e. The number of halogens is 3. The van der Waals surface area contributed by atoms with Gasteiger partial charge in [-0.1, -0.05) is 24.3 Å². The van der Waals surface area contributed by atoms with E-state index in [2.05, 4.69) is 4.74 Å². The van der Waals surface area contributed by atoms with Crippen LogP contribution in [0.2, 0.25) is 0 Å². The van der Waals surface area contributed by atoms with Crippen LogP contribution in [0.4, 0.5) is 19.1 Å². The first-order valence-corrected chi connectivity index (χ1v) is 12.1. The topological polar surface area (TPSA) is 53.8 Å². The summed E-state index contributed by atoms with van der Waals surface area (Å²) >= 11 is 0. The highest BCUT2D eigenvalue weighted by molar-refractivity contribution is 5.88. The lowest BCUT2D eigenvalue weighted by atomic mass is 10.1. The number of aryl methyl sites for hydroxylation is 1. The number of ether oxygens (including phenoxy) is 1. The molecule has 0 bridgehead atoms. The number of nitrogens with zero attached hydrogens (tertiary/aromatic N) is 5. The first-order chi connectivity index (χ1) is 17.1. The number of allylic oxidation sites excluding steroid dienone is 2. The van der Waals surface area contributed by atoms with Crippen LogP contribution in [0, 0.1) is 6.92 Å². The number of carbonyl (C=O) groups is 1. The molecule has 1 amide bonds. The van der Waals surface area contributed by atoms with E-state index in [4.69, 9.17) is 4.98 Å². The fourth-order valence-corrected chi connectivity index (χ4v) is 4.73. The van der Waals surface area contributed by atoms with Gasteiger partial charge < -0.3 is 14.4 Å². The molecule has 1 aromatic heterocycles. The zero-order valence-electron chi connectivity index (χ0n) is 20.8. The molecule has 10 heteroatoms. The van der Waals surface area contributed by atoms with E-state index in [0.29, 0.717) is 31.1 Å². The number of aromatic nitrogens is 2. The number of hydrogen-bond acceptors (Lipinski definition) is 5. The van der Waals surface area contributed by atoms with Crippen LogP contribution in [0.5, 0.6) is 0 Å². The summed E-state index contributed by atoms with van der Waals surface area (Å²) in [7, 11) is 3.87. The van der Waals surface area contributed by atoms with Gasteiger partial charge in [-0.05, 0) is 64.1 Å². The second-order valence-corrected chi connectivity index (χ2v) is 9.41. The van der Waals surface area contributed by atoms with Crippen LogP contribution in [0.15, 0.2) is 54.8 Å². The number of amides is 1. The van der Waals surface area contributed by atoms with Crippen molar-refractivity contribution in [1.82, 2.24) is 19.4 Å². The molecule has 194 valence electrons. The van der Waals surface area contributed by atoms with Gasteiger partial charge in [-0.25, -0.2) is 4.98 Å². The molecule has 4 rings (SSSR count). The van der Waals surface area contributed by atoms with Gasteiger partial charge in [0.2, 0.25) is 11.9 Å². The summed E-state index contributed by atoms with van der Waals surface area (Å²) in [5, 5.41) is 0. The molecule has 3 heterocycles. The first kappa shape index (κ1) is 26.0. The van der Waals surface area contributed by atoms with Crippen LogP contribution in [0.1, 0.15) is 30.9 Å². The number of rotatable bonds is 6. The Kier molecular flexibility index (Phi) is 7.85. The van der Waals surface area contributed by atoms with Gasteiger partial charge in [-0.15, -0.1) is 13.2 Å². The summed E-state index contributed by atoms with van der Waals surface area (Å²) in [6, 6.07) is 5.54. The lowest BCUT2D eigenvalue weighted by Crippen LogP contribution is -2.40. The van der Waals surface area contributed by atoms with Gasteiger partial charge in [0.15, 0.2) is 6.23 Å². The van der Waals surface area contributed by atoms with E-state index in [-0.39, 0.29) is 11.9 Å². The number of hydrogen-bond donors (Lipinski definition) is 0.